The van der Waals surface area contributed by atoms with Gasteiger partial charge in [-0.05, 0) is 37.6 Å². The van der Waals surface area contributed by atoms with Crippen LogP contribution in [0.4, 0.5) is 4.39 Å². The van der Waals surface area contributed by atoms with Crippen molar-refractivity contribution in [1.29, 1.82) is 0 Å². The lowest BCUT2D eigenvalue weighted by Crippen LogP contribution is -2.34. The van der Waals surface area contributed by atoms with Crippen LogP contribution in [-0.4, -0.2) is 18.1 Å². The average molecular weight is 276 g/mol. The van der Waals surface area contributed by atoms with E-state index in [1.165, 1.54) is 10.6 Å². The Labute approximate surface area is 116 Å². The Morgan fingerprint density at radius 2 is 2.05 bits per heavy atom. The lowest BCUT2D eigenvalue weighted by molar-refractivity contribution is 0.402. The fourth-order valence-electron chi connectivity index (χ4n) is 2.76. The molecule has 1 aromatic heterocycles. The number of aryl methyl sites for hydroxylation is 1. The second-order valence-electron chi connectivity index (χ2n) is 5.08. The molecule has 0 bridgehead atoms. The van der Waals surface area contributed by atoms with Gasteiger partial charge in [-0.1, -0.05) is 12.1 Å². The minimum Gasteiger partial charge on any atom is -0.316 e. The van der Waals surface area contributed by atoms with Crippen LogP contribution in [0.25, 0.3) is 0 Å². The first-order chi connectivity index (χ1) is 9.24. The topological polar surface area (TPSA) is 24.9 Å². The van der Waals surface area contributed by atoms with Crippen LogP contribution in [0.3, 0.4) is 0 Å². The molecule has 1 aromatic carbocycles. The molecule has 1 fully saturated rings. The molecule has 0 amide bonds. The second kappa shape index (κ2) is 5.39. The number of benzene rings is 1. The van der Waals surface area contributed by atoms with Crippen molar-refractivity contribution >= 4 is 11.3 Å². The third-order valence-electron chi connectivity index (χ3n) is 3.73. The van der Waals surface area contributed by atoms with Crippen molar-refractivity contribution in [1.82, 2.24) is 10.3 Å². The first-order valence-electron chi connectivity index (χ1n) is 6.62. The summed E-state index contributed by atoms with van der Waals surface area (Å²) in [4.78, 5) is 4.64. The summed E-state index contributed by atoms with van der Waals surface area (Å²) in [5.41, 5.74) is 2.29. The Balaban J connectivity index is 1.90. The predicted octanol–water partition coefficient (Wildman–Crippen LogP) is 3.45. The highest BCUT2D eigenvalue weighted by molar-refractivity contribution is 7.09. The molecule has 0 radical (unpaired) electrons. The number of halogens is 1. The van der Waals surface area contributed by atoms with Crippen molar-refractivity contribution < 1.29 is 4.39 Å². The Morgan fingerprint density at radius 1 is 1.26 bits per heavy atom. The molecule has 100 valence electrons. The number of aromatic nitrogens is 1. The van der Waals surface area contributed by atoms with E-state index in [1.807, 2.05) is 19.1 Å². The molecule has 3 rings (SSSR count). The fourth-order valence-corrected chi connectivity index (χ4v) is 3.75. The zero-order chi connectivity index (χ0) is 13.2. The third kappa shape index (κ3) is 2.69. The number of hydrogen-bond acceptors (Lipinski definition) is 3. The summed E-state index contributed by atoms with van der Waals surface area (Å²) in [5, 5.41) is 6.76. The molecule has 1 saturated heterocycles. The molecular weight excluding hydrogens is 259 g/mol. The van der Waals surface area contributed by atoms with Gasteiger partial charge in [-0.2, -0.15) is 0 Å². The summed E-state index contributed by atoms with van der Waals surface area (Å²) in [7, 11) is 0. The van der Waals surface area contributed by atoms with Gasteiger partial charge in [0, 0.05) is 29.5 Å². The molecular formula is C15H17FN2S. The van der Waals surface area contributed by atoms with Crippen LogP contribution in [-0.2, 0) is 0 Å². The van der Waals surface area contributed by atoms with Crippen LogP contribution in [0.1, 0.15) is 34.5 Å². The molecule has 1 aliphatic heterocycles. The van der Waals surface area contributed by atoms with Gasteiger partial charge in [-0.25, -0.2) is 9.37 Å². The Morgan fingerprint density at radius 3 is 2.74 bits per heavy atom. The third-order valence-corrected chi connectivity index (χ3v) is 4.83. The summed E-state index contributed by atoms with van der Waals surface area (Å²) in [6, 6.07) is 6.91. The standard InChI is InChI=1S/C15H17FN2S/c1-10-9-19-15(18-10)13-6-7-17-8-14(13)11-2-4-12(16)5-3-11/h2-5,9,13-14,17H,6-8H2,1H3. The van der Waals surface area contributed by atoms with E-state index < -0.39 is 0 Å². The molecule has 4 heteroatoms. The van der Waals surface area contributed by atoms with E-state index in [9.17, 15) is 4.39 Å². The minimum atomic E-state index is -0.172. The molecule has 2 nitrogen and oxygen atoms in total. The van der Waals surface area contributed by atoms with Crippen molar-refractivity contribution in [2.45, 2.75) is 25.2 Å². The molecule has 1 aliphatic rings. The molecule has 0 aliphatic carbocycles. The SMILES string of the molecule is Cc1csc(C2CCNCC2c2ccc(F)cc2)n1. The van der Waals surface area contributed by atoms with Crippen LogP contribution in [0.5, 0.6) is 0 Å². The van der Waals surface area contributed by atoms with E-state index >= 15 is 0 Å². The fraction of sp³-hybridized carbons (Fsp3) is 0.400. The van der Waals surface area contributed by atoms with Crippen LogP contribution < -0.4 is 5.32 Å². The van der Waals surface area contributed by atoms with Gasteiger partial charge in [0.1, 0.15) is 5.82 Å². The number of nitrogens with one attached hydrogen (secondary N) is 1. The van der Waals surface area contributed by atoms with Crippen molar-refractivity contribution in [2.24, 2.45) is 0 Å². The number of nitrogens with zero attached hydrogens (tertiary/aromatic N) is 1. The molecule has 2 aromatic rings. The monoisotopic (exact) mass is 276 g/mol. The Hall–Kier alpha value is -1.26. The molecule has 0 spiro atoms. The first kappa shape index (κ1) is 12.8. The number of piperidine rings is 1. The van der Waals surface area contributed by atoms with Gasteiger partial charge < -0.3 is 5.32 Å². The maximum atomic E-state index is 13.1. The van der Waals surface area contributed by atoms with E-state index in [-0.39, 0.29) is 5.82 Å². The van der Waals surface area contributed by atoms with Gasteiger partial charge in [0.15, 0.2) is 0 Å². The average Bonchev–Trinajstić information content (AvgIpc) is 2.86. The van der Waals surface area contributed by atoms with Crippen LogP contribution in [0.2, 0.25) is 0 Å². The maximum Gasteiger partial charge on any atom is 0.123 e. The predicted molar refractivity (Wildman–Crippen MR) is 76.2 cm³/mol. The van der Waals surface area contributed by atoms with E-state index in [1.54, 1.807) is 23.5 Å². The summed E-state index contributed by atoms with van der Waals surface area (Å²) in [6.45, 7) is 4.00. The Bertz CT molecular complexity index is 550. The number of rotatable bonds is 2. The van der Waals surface area contributed by atoms with Crippen molar-refractivity contribution in [3.8, 4) is 0 Å². The second-order valence-corrected chi connectivity index (χ2v) is 5.97. The molecule has 2 unspecified atom stereocenters. The van der Waals surface area contributed by atoms with Gasteiger partial charge in [-0.3, -0.25) is 0 Å². The molecule has 1 N–H and O–H groups in total. The highest BCUT2D eigenvalue weighted by Gasteiger charge is 2.29. The van der Waals surface area contributed by atoms with Crippen LogP contribution >= 0.6 is 11.3 Å². The highest BCUT2D eigenvalue weighted by Crippen LogP contribution is 2.38. The summed E-state index contributed by atoms with van der Waals surface area (Å²) in [5.74, 6) is 0.666. The largest absolute Gasteiger partial charge is 0.316 e. The molecule has 0 saturated carbocycles. The smallest absolute Gasteiger partial charge is 0.123 e. The van der Waals surface area contributed by atoms with Crippen molar-refractivity contribution in [3.63, 3.8) is 0 Å². The zero-order valence-corrected chi connectivity index (χ0v) is 11.7. The molecule has 2 atom stereocenters. The zero-order valence-electron chi connectivity index (χ0n) is 10.9. The van der Waals surface area contributed by atoms with Gasteiger partial charge in [0.2, 0.25) is 0 Å². The lowest BCUT2D eigenvalue weighted by Gasteiger charge is -2.31. The van der Waals surface area contributed by atoms with Gasteiger partial charge in [0.05, 0.1) is 5.01 Å². The number of thiazole rings is 1. The first-order valence-corrected chi connectivity index (χ1v) is 7.50. The van der Waals surface area contributed by atoms with E-state index in [2.05, 4.69) is 15.7 Å². The van der Waals surface area contributed by atoms with Crippen molar-refractivity contribution in [3.05, 3.63) is 51.7 Å². The van der Waals surface area contributed by atoms with Crippen LogP contribution in [0.15, 0.2) is 29.6 Å². The Kier molecular flexibility index (Phi) is 3.62. The van der Waals surface area contributed by atoms with Gasteiger partial charge in [-0.15, -0.1) is 11.3 Å². The summed E-state index contributed by atoms with van der Waals surface area (Å²) < 4.78 is 13.1. The van der Waals surface area contributed by atoms with E-state index in [0.717, 1.165) is 25.2 Å². The maximum absolute atomic E-state index is 13.1. The van der Waals surface area contributed by atoms with Gasteiger partial charge in [0.25, 0.3) is 0 Å². The summed E-state index contributed by atoms with van der Waals surface area (Å²) in [6.07, 6.45) is 1.09. The van der Waals surface area contributed by atoms with Gasteiger partial charge >= 0.3 is 0 Å². The van der Waals surface area contributed by atoms with Crippen LogP contribution in [0, 0.1) is 12.7 Å². The van der Waals surface area contributed by atoms with E-state index in [0.29, 0.717) is 11.8 Å². The normalized spacial score (nSPS) is 23.5. The van der Waals surface area contributed by atoms with Crippen molar-refractivity contribution in [2.75, 3.05) is 13.1 Å². The summed E-state index contributed by atoms with van der Waals surface area (Å²) >= 11 is 1.74. The molecule has 19 heavy (non-hydrogen) atoms. The lowest BCUT2D eigenvalue weighted by atomic mass is 9.82. The number of hydrogen-bond donors (Lipinski definition) is 1. The van der Waals surface area contributed by atoms with E-state index in [4.69, 9.17) is 0 Å². The minimum absolute atomic E-state index is 0.172. The highest BCUT2D eigenvalue weighted by atomic mass is 32.1. The molecule has 2 heterocycles. The quantitative estimate of drug-likeness (QED) is 0.908.